The fourth-order valence-corrected chi connectivity index (χ4v) is 2.05. The van der Waals surface area contributed by atoms with E-state index in [1.165, 1.54) is 0 Å². The number of amides is 2. The van der Waals surface area contributed by atoms with Crippen LogP contribution in [0.15, 0.2) is 17.5 Å². The van der Waals surface area contributed by atoms with Crippen molar-refractivity contribution in [1.82, 2.24) is 10.6 Å². The highest BCUT2D eigenvalue weighted by molar-refractivity contribution is 7.09. The molecule has 0 aromatic carbocycles. The molecule has 0 radical (unpaired) electrons. The highest BCUT2D eigenvalue weighted by atomic mass is 32.1. The first-order valence-corrected chi connectivity index (χ1v) is 6.38. The largest absolute Gasteiger partial charge is 0.481 e. The van der Waals surface area contributed by atoms with E-state index in [0.29, 0.717) is 13.0 Å². The third-order valence-electron chi connectivity index (χ3n) is 2.22. The summed E-state index contributed by atoms with van der Waals surface area (Å²) in [6.07, 6.45) is -0.0184. The molecule has 8 heteroatoms. The summed E-state index contributed by atoms with van der Waals surface area (Å²) in [4.78, 5) is 33.6. The maximum absolute atomic E-state index is 11.4. The van der Waals surface area contributed by atoms with E-state index in [4.69, 9.17) is 10.2 Å². The maximum Gasteiger partial charge on any atom is 0.326 e. The lowest BCUT2D eigenvalue weighted by Crippen LogP contribution is -2.47. The van der Waals surface area contributed by atoms with Crippen LogP contribution in [0.3, 0.4) is 0 Å². The molecule has 0 unspecified atom stereocenters. The van der Waals surface area contributed by atoms with E-state index in [2.05, 4.69) is 10.6 Å². The van der Waals surface area contributed by atoms with Gasteiger partial charge in [-0.05, 0) is 17.9 Å². The van der Waals surface area contributed by atoms with Gasteiger partial charge < -0.3 is 20.8 Å². The number of urea groups is 1. The van der Waals surface area contributed by atoms with Gasteiger partial charge in [0.05, 0.1) is 6.42 Å². The summed E-state index contributed by atoms with van der Waals surface area (Å²) in [5.41, 5.74) is 0. The lowest BCUT2D eigenvalue weighted by molar-refractivity contribution is -0.145. The molecule has 1 atom stereocenters. The molecule has 4 N–H and O–H groups in total. The number of carbonyl (C=O) groups excluding carboxylic acids is 1. The minimum absolute atomic E-state index is 0.353. The van der Waals surface area contributed by atoms with Crippen LogP contribution >= 0.6 is 11.3 Å². The SMILES string of the molecule is O=C(O)C[C@@H](NC(=O)NCCc1cccs1)C(=O)O. The molecule has 1 aromatic heterocycles. The minimum Gasteiger partial charge on any atom is -0.481 e. The number of hydrogen-bond acceptors (Lipinski definition) is 4. The predicted octanol–water partition coefficient (Wildman–Crippen LogP) is 0.518. The molecule has 104 valence electrons. The van der Waals surface area contributed by atoms with Gasteiger partial charge in [-0.1, -0.05) is 6.07 Å². The number of carboxylic acid groups (broad SMARTS) is 2. The maximum atomic E-state index is 11.4. The van der Waals surface area contributed by atoms with Crippen LogP contribution in [0.5, 0.6) is 0 Å². The summed E-state index contributed by atoms with van der Waals surface area (Å²) in [7, 11) is 0. The first kappa shape index (κ1) is 15.0. The molecule has 1 heterocycles. The number of carboxylic acids is 2. The van der Waals surface area contributed by atoms with Gasteiger partial charge in [-0.25, -0.2) is 9.59 Å². The molecular formula is C11H14N2O5S. The third kappa shape index (κ3) is 5.87. The van der Waals surface area contributed by atoms with Gasteiger partial charge >= 0.3 is 18.0 Å². The highest BCUT2D eigenvalue weighted by Crippen LogP contribution is 2.07. The number of hydrogen-bond donors (Lipinski definition) is 4. The molecule has 0 saturated carbocycles. The number of nitrogens with one attached hydrogen (secondary N) is 2. The van der Waals surface area contributed by atoms with Crippen molar-refractivity contribution in [3.05, 3.63) is 22.4 Å². The molecule has 19 heavy (non-hydrogen) atoms. The Bertz CT molecular complexity index is 446. The van der Waals surface area contributed by atoms with E-state index in [0.717, 1.165) is 4.88 Å². The zero-order valence-electron chi connectivity index (χ0n) is 9.96. The van der Waals surface area contributed by atoms with Crippen LogP contribution in [0.25, 0.3) is 0 Å². The average molecular weight is 286 g/mol. The Morgan fingerprint density at radius 1 is 1.32 bits per heavy atom. The van der Waals surface area contributed by atoms with Crippen molar-refractivity contribution in [3.8, 4) is 0 Å². The highest BCUT2D eigenvalue weighted by Gasteiger charge is 2.22. The zero-order valence-corrected chi connectivity index (χ0v) is 10.8. The van der Waals surface area contributed by atoms with Crippen LogP contribution in [0.2, 0.25) is 0 Å². The van der Waals surface area contributed by atoms with Crippen molar-refractivity contribution in [2.75, 3.05) is 6.54 Å². The molecule has 1 aromatic rings. The van der Waals surface area contributed by atoms with Crippen molar-refractivity contribution in [3.63, 3.8) is 0 Å². The number of rotatable bonds is 7. The van der Waals surface area contributed by atoms with Crippen molar-refractivity contribution in [1.29, 1.82) is 0 Å². The standard InChI is InChI=1S/C11H14N2O5S/c14-9(15)6-8(10(16)17)13-11(18)12-4-3-7-2-1-5-19-7/h1-2,5,8H,3-4,6H2,(H,14,15)(H,16,17)(H2,12,13,18)/t8-/m1/s1. The number of aliphatic carboxylic acids is 2. The Kier molecular flexibility index (Phi) is 5.80. The normalized spacial score (nSPS) is 11.6. The second kappa shape index (κ2) is 7.37. The van der Waals surface area contributed by atoms with Crippen molar-refractivity contribution in [2.45, 2.75) is 18.9 Å². The fraction of sp³-hybridized carbons (Fsp3) is 0.364. The third-order valence-corrected chi connectivity index (χ3v) is 3.16. The van der Waals surface area contributed by atoms with Crippen LogP contribution in [0.4, 0.5) is 4.79 Å². The molecular weight excluding hydrogens is 272 g/mol. The van der Waals surface area contributed by atoms with Gasteiger partial charge in [-0.2, -0.15) is 0 Å². The second-order valence-electron chi connectivity index (χ2n) is 3.72. The first-order valence-electron chi connectivity index (χ1n) is 5.50. The van der Waals surface area contributed by atoms with Gasteiger partial charge in [-0.15, -0.1) is 11.3 Å². The zero-order chi connectivity index (χ0) is 14.3. The van der Waals surface area contributed by atoms with Crippen LogP contribution in [-0.2, 0) is 16.0 Å². The molecule has 0 aliphatic rings. The van der Waals surface area contributed by atoms with Gasteiger partial charge in [0.2, 0.25) is 0 Å². The molecule has 0 spiro atoms. The Hall–Kier alpha value is -2.09. The second-order valence-corrected chi connectivity index (χ2v) is 4.75. The topological polar surface area (TPSA) is 116 Å². The molecule has 0 saturated heterocycles. The van der Waals surface area contributed by atoms with Crippen molar-refractivity contribution >= 4 is 29.3 Å². The predicted molar refractivity (Wildman–Crippen MR) is 68.2 cm³/mol. The van der Waals surface area contributed by atoms with Crippen LogP contribution in [-0.4, -0.2) is 40.8 Å². The lowest BCUT2D eigenvalue weighted by atomic mass is 10.2. The van der Waals surface area contributed by atoms with Crippen LogP contribution < -0.4 is 10.6 Å². The minimum atomic E-state index is -1.43. The van der Waals surface area contributed by atoms with Crippen LogP contribution in [0, 0.1) is 0 Å². The van der Waals surface area contributed by atoms with Gasteiger partial charge in [0.15, 0.2) is 0 Å². The molecule has 1 rings (SSSR count). The molecule has 0 bridgehead atoms. The Balaban J connectivity index is 2.32. The van der Waals surface area contributed by atoms with E-state index in [-0.39, 0.29) is 0 Å². The van der Waals surface area contributed by atoms with Crippen molar-refractivity contribution < 1.29 is 24.6 Å². The van der Waals surface area contributed by atoms with E-state index in [1.807, 2.05) is 17.5 Å². The summed E-state index contributed by atoms with van der Waals surface area (Å²) in [6.45, 7) is 0.353. The quantitative estimate of drug-likeness (QED) is 0.583. The van der Waals surface area contributed by atoms with Crippen LogP contribution in [0.1, 0.15) is 11.3 Å². The van der Waals surface area contributed by atoms with E-state index < -0.39 is 30.4 Å². The molecule has 2 amide bonds. The average Bonchev–Trinajstić information content (AvgIpc) is 2.80. The van der Waals surface area contributed by atoms with E-state index in [9.17, 15) is 14.4 Å². The Morgan fingerprint density at radius 2 is 2.05 bits per heavy atom. The molecule has 0 fully saturated rings. The monoisotopic (exact) mass is 286 g/mol. The smallest absolute Gasteiger partial charge is 0.326 e. The first-order chi connectivity index (χ1) is 8.99. The Morgan fingerprint density at radius 3 is 2.58 bits per heavy atom. The summed E-state index contributed by atoms with van der Waals surface area (Å²) in [6, 6.07) is 1.70. The summed E-state index contributed by atoms with van der Waals surface area (Å²) in [5.74, 6) is -2.66. The van der Waals surface area contributed by atoms with E-state index in [1.54, 1.807) is 11.3 Å². The summed E-state index contributed by atoms with van der Waals surface area (Å²) in [5, 5.41) is 23.8. The van der Waals surface area contributed by atoms with E-state index >= 15 is 0 Å². The van der Waals surface area contributed by atoms with Gasteiger partial charge in [0.25, 0.3) is 0 Å². The van der Waals surface area contributed by atoms with Gasteiger partial charge in [-0.3, -0.25) is 4.79 Å². The van der Waals surface area contributed by atoms with Gasteiger partial charge in [0.1, 0.15) is 6.04 Å². The summed E-state index contributed by atoms with van der Waals surface area (Å²) >= 11 is 1.56. The molecule has 7 nitrogen and oxygen atoms in total. The Labute approximate surface area is 113 Å². The fourth-order valence-electron chi connectivity index (χ4n) is 1.34. The molecule has 0 aliphatic heterocycles. The molecule has 0 aliphatic carbocycles. The van der Waals surface area contributed by atoms with Gasteiger partial charge in [0, 0.05) is 11.4 Å². The number of carbonyl (C=O) groups is 3. The number of thiophene rings is 1. The summed E-state index contributed by atoms with van der Waals surface area (Å²) < 4.78 is 0. The van der Waals surface area contributed by atoms with Crippen molar-refractivity contribution in [2.24, 2.45) is 0 Å². The lowest BCUT2D eigenvalue weighted by Gasteiger charge is -2.13.